The summed E-state index contributed by atoms with van der Waals surface area (Å²) < 4.78 is 18.0. The first-order chi connectivity index (χ1) is 7.63. The van der Waals surface area contributed by atoms with Gasteiger partial charge in [0, 0.05) is 11.5 Å². The molecule has 0 aliphatic rings. The molecule has 0 atom stereocenters. The van der Waals surface area contributed by atoms with E-state index in [4.69, 9.17) is 4.74 Å². The van der Waals surface area contributed by atoms with E-state index in [9.17, 15) is 4.39 Å². The molecular weight excluding hydrogens is 203 g/mol. The summed E-state index contributed by atoms with van der Waals surface area (Å²) >= 11 is 0. The van der Waals surface area contributed by atoms with Gasteiger partial charge in [0.05, 0.1) is 7.11 Å². The Bertz CT molecular complexity index is 372. The summed E-state index contributed by atoms with van der Waals surface area (Å²) in [7, 11) is 1.44. The normalized spacial score (nSPS) is 8.69. The molecule has 16 heavy (non-hydrogen) atoms. The molecule has 0 amide bonds. The lowest BCUT2D eigenvalue weighted by Crippen LogP contribution is -1.88. The molecule has 0 aliphatic heterocycles. The molecule has 0 aliphatic carbocycles. The summed E-state index contributed by atoms with van der Waals surface area (Å²) in [6.07, 6.45) is 0. The lowest BCUT2D eigenvalue weighted by molar-refractivity contribution is 0.386. The number of benzene rings is 1. The Morgan fingerprint density at radius 1 is 1.25 bits per heavy atom. The fourth-order valence-electron chi connectivity index (χ4n) is 0.972. The second-order valence-electron chi connectivity index (χ2n) is 3.27. The molecule has 0 saturated heterocycles. The SMILES string of the molecule is CC.COc1ccc(C#CC(C)C)cc1F. The Hall–Kier alpha value is -1.49. The lowest BCUT2D eigenvalue weighted by atomic mass is 10.1. The highest BCUT2D eigenvalue weighted by molar-refractivity contribution is 5.39. The first-order valence-corrected chi connectivity index (χ1v) is 5.48. The van der Waals surface area contributed by atoms with Gasteiger partial charge in [-0.15, -0.1) is 0 Å². The van der Waals surface area contributed by atoms with Crippen molar-refractivity contribution in [2.75, 3.05) is 7.11 Å². The zero-order valence-electron chi connectivity index (χ0n) is 10.6. The molecule has 1 rings (SSSR count). The maximum atomic E-state index is 13.2. The second kappa shape index (κ2) is 7.76. The molecule has 88 valence electrons. The van der Waals surface area contributed by atoms with Gasteiger partial charge in [-0.25, -0.2) is 4.39 Å². The van der Waals surface area contributed by atoms with Crippen LogP contribution in [0.2, 0.25) is 0 Å². The monoisotopic (exact) mass is 222 g/mol. The molecule has 0 radical (unpaired) electrons. The third-order valence-corrected chi connectivity index (χ3v) is 1.66. The van der Waals surface area contributed by atoms with E-state index in [0.29, 0.717) is 11.5 Å². The Balaban J connectivity index is 0.00000106. The number of rotatable bonds is 1. The largest absolute Gasteiger partial charge is 0.494 e. The van der Waals surface area contributed by atoms with Gasteiger partial charge in [0.1, 0.15) is 0 Å². The minimum atomic E-state index is -0.372. The van der Waals surface area contributed by atoms with E-state index in [1.54, 1.807) is 12.1 Å². The Morgan fingerprint density at radius 2 is 1.88 bits per heavy atom. The summed E-state index contributed by atoms with van der Waals surface area (Å²) in [6, 6.07) is 4.71. The summed E-state index contributed by atoms with van der Waals surface area (Å²) in [5, 5.41) is 0. The Morgan fingerprint density at radius 3 is 2.31 bits per heavy atom. The molecule has 0 heterocycles. The molecule has 2 heteroatoms. The summed E-state index contributed by atoms with van der Waals surface area (Å²) in [5.41, 5.74) is 0.678. The van der Waals surface area contributed by atoms with Gasteiger partial charge in [-0.3, -0.25) is 0 Å². The smallest absolute Gasteiger partial charge is 0.166 e. The molecule has 1 aromatic rings. The third kappa shape index (κ3) is 4.84. The number of methoxy groups -OCH3 is 1. The van der Waals surface area contributed by atoms with Crippen LogP contribution in [0.25, 0.3) is 0 Å². The van der Waals surface area contributed by atoms with Gasteiger partial charge in [0.25, 0.3) is 0 Å². The molecular formula is C14H19FO. The minimum Gasteiger partial charge on any atom is -0.494 e. The van der Waals surface area contributed by atoms with Crippen LogP contribution >= 0.6 is 0 Å². The van der Waals surface area contributed by atoms with Crippen LogP contribution in [0.3, 0.4) is 0 Å². The van der Waals surface area contributed by atoms with E-state index in [1.807, 2.05) is 27.7 Å². The molecule has 0 saturated carbocycles. The number of halogens is 1. The Labute approximate surface area is 97.6 Å². The van der Waals surface area contributed by atoms with Gasteiger partial charge in [0.15, 0.2) is 11.6 Å². The van der Waals surface area contributed by atoms with Crippen LogP contribution in [0.5, 0.6) is 5.75 Å². The third-order valence-electron chi connectivity index (χ3n) is 1.66. The van der Waals surface area contributed by atoms with E-state index in [2.05, 4.69) is 11.8 Å². The van der Waals surface area contributed by atoms with Crippen LogP contribution in [0.1, 0.15) is 33.3 Å². The fourth-order valence-corrected chi connectivity index (χ4v) is 0.972. The van der Waals surface area contributed by atoms with Gasteiger partial charge in [-0.2, -0.15) is 0 Å². The van der Waals surface area contributed by atoms with E-state index >= 15 is 0 Å². The molecule has 0 N–H and O–H groups in total. The highest BCUT2D eigenvalue weighted by atomic mass is 19.1. The van der Waals surface area contributed by atoms with E-state index < -0.39 is 0 Å². The van der Waals surface area contributed by atoms with Gasteiger partial charge in [-0.05, 0) is 18.2 Å². The first-order valence-electron chi connectivity index (χ1n) is 5.48. The van der Waals surface area contributed by atoms with Crippen LogP contribution in [-0.2, 0) is 0 Å². The molecule has 0 spiro atoms. The molecule has 0 fully saturated rings. The number of hydrogen-bond donors (Lipinski definition) is 0. The van der Waals surface area contributed by atoms with Crippen LogP contribution in [0, 0.1) is 23.6 Å². The summed E-state index contributed by atoms with van der Waals surface area (Å²) in [5.74, 6) is 6.03. The van der Waals surface area contributed by atoms with E-state index in [1.165, 1.54) is 13.2 Å². The Kier molecular flexibility index (Phi) is 7.03. The first kappa shape index (κ1) is 14.5. The van der Waals surface area contributed by atoms with Crippen molar-refractivity contribution in [3.05, 3.63) is 29.6 Å². The molecule has 1 aromatic carbocycles. The summed E-state index contributed by atoms with van der Waals surface area (Å²) in [6.45, 7) is 7.99. The maximum Gasteiger partial charge on any atom is 0.166 e. The van der Waals surface area contributed by atoms with Crippen molar-refractivity contribution in [2.24, 2.45) is 5.92 Å². The standard InChI is InChI=1S/C12H13FO.C2H6/c1-9(2)4-5-10-6-7-12(14-3)11(13)8-10;1-2/h6-9H,1-3H3;1-2H3. The highest BCUT2D eigenvalue weighted by Gasteiger charge is 2.01. The molecule has 0 aromatic heterocycles. The average molecular weight is 222 g/mol. The van der Waals surface area contributed by atoms with Crippen molar-refractivity contribution in [3.8, 4) is 17.6 Å². The summed E-state index contributed by atoms with van der Waals surface area (Å²) in [4.78, 5) is 0. The number of ether oxygens (including phenoxy) is 1. The zero-order chi connectivity index (χ0) is 12.6. The highest BCUT2D eigenvalue weighted by Crippen LogP contribution is 2.16. The van der Waals surface area contributed by atoms with Gasteiger partial charge in [-0.1, -0.05) is 39.5 Å². The fraction of sp³-hybridized carbons (Fsp3) is 0.429. The van der Waals surface area contributed by atoms with Gasteiger partial charge in [0.2, 0.25) is 0 Å². The molecule has 1 nitrogen and oxygen atoms in total. The minimum absolute atomic E-state index is 0.250. The predicted molar refractivity (Wildman–Crippen MR) is 66.0 cm³/mol. The van der Waals surface area contributed by atoms with Gasteiger partial charge >= 0.3 is 0 Å². The van der Waals surface area contributed by atoms with Crippen LogP contribution < -0.4 is 4.74 Å². The van der Waals surface area contributed by atoms with Gasteiger partial charge < -0.3 is 4.74 Å². The van der Waals surface area contributed by atoms with Crippen LogP contribution in [0.15, 0.2) is 18.2 Å². The van der Waals surface area contributed by atoms with E-state index in [-0.39, 0.29) is 11.6 Å². The van der Waals surface area contributed by atoms with Crippen LogP contribution in [0.4, 0.5) is 4.39 Å². The second-order valence-corrected chi connectivity index (χ2v) is 3.27. The van der Waals surface area contributed by atoms with Crippen molar-refractivity contribution in [3.63, 3.8) is 0 Å². The van der Waals surface area contributed by atoms with Crippen molar-refractivity contribution < 1.29 is 9.13 Å². The van der Waals surface area contributed by atoms with Crippen molar-refractivity contribution >= 4 is 0 Å². The molecule has 0 unspecified atom stereocenters. The van der Waals surface area contributed by atoms with E-state index in [0.717, 1.165) is 0 Å². The topological polar surface area (TPSA) is 9.23 Å². The maximum absolute atomic E-state index is 13.2. The zero-order valence-corrected chi connectivity index (χ0v) is 10.6. The molecule has 0 bridgehead atoms. The average Bonchev–Trinajstić information content (AvgIpc) is 2.29. The van der Waals surface area contributed by atoms with Crippen LogP contribution in [-0.4, -0.2) is 7.11 Å². The lowest BCUT2D eigenvalue weighted by Gasteiger charge is -2.00. The quantitative estimate of drug-likeness (QED) is 0.655. The van der Waals surface area contributed by atoms with Crippen molar-refractivity contribution in [1.82, 2.24) is 0 Å². The van der Waals surface area contributed by atoms with Crippen molar-refractivity contribution in [1.29, 1.82) is 0 Å². The number of hydrogen-bond acceptors (Lipinski definition) is 1. The predicted octanol–water partition coefficient (Wildman–Crippen LogP) is 3.87. The van der Waals surface area contributed by atoms with Crippen molar-refractivity contribution in [2.45, 2.75) is 27.7 Å².